The van der Waals surface area contributed by atoms with Crippen molar-refractivity contribution in [1.82, 2.24) is 9.55 Å². The minimum Gasteiger partial charge on any atom is -0.338 e. The summed E-state index contributed by atoms with van der Waals surface area (Å²) in [6, 6.07) is 8.66. The first-order valence-corrected chi connectivity index (χ1v) is 6.83. The zero-order valence-corrected chi connectivity index (χ0v) is 11.7. The van der Waals surface area contributed by atoms with Crippen molar-refractivity contribution in [3.05, 3.63) is 53.6 Å². The average Bonchev–Trinajstić information content (AvgIpc) is 2.78. The second-order valence-corrected chi connectivity index (χ2v) is 5.06. The zero-order valence-electron chi connectivity index (χ0n) is 10.9. The number of imidazole rings is 1. The van der Waals surface area contributed by atoms with Gasteiger partial charge in [0.25, 0.3) is 0 Å². The molecule has 96 valence electrons. The van der Waals surface area contributed by atoms with E-state index in [1.54, 1.807) is 0 Å². The zero-order chi connectivity index (χ0) is 13.0. The summed E-state index contributed by atoms with van der Waals surface area (Å²) in [6.45, 7) is 2.10. The van der Waals surface area contributed by atoms with Crippen molar-refractivity contribution in [3.63, 3.8) is 0 Å². The lowest BCUT2D eigenvalue weighted by Crippen LogP contribution is -2.05. The van der Waals surface area contributed by atoms with Crippen LogP contribution in [0.2, 0.25) is 0 Å². The van der Waals surface area contributed by atoms with E-state index >= 15 is 0 Å². The van der Waals surface area contributed by atoms with Gasteiger partial charge in [0, 0.05) is 31.7 Å². The Morgan fingerprint density at radius 3 is 2.56 bits per heavy atom. The van der Waals surface area contributed by atoms with Crippen molar-refractivity contribution in [2.75, 3.05) is 5.88 Å². The predicted molar refractivity (Wildman–Crippen MR) is 76.2 cm³/mol. The monoisotopic (exact) mass is 262 g/mol. The van der Waals surface area contributed by atoms with Gasteiger partial charge in [-0.15, -0.1) is 11.6 Å². The normalized spacial score (nSPS) is 12.6. The molecule has 0 bridgehead atoms. The van der Waals surface area contributed by atoms with Crippen LogP contribution in [0.1, 0.15) is 29.3 Å². The van der Waals surface area contributed by atoms with E-state index in [-0.39, 0.29) is 0 Å². The molecule has 0 amide bonds. The van der Waals surface area contributed by atoms with E-state index < -0.39 is 0 Å². The Balaban J connectivity index is 2.01. The van der Waals surface area contributed by atoms with Gasteiger partial charge in [0.05, 0.1) is 0 Å². The molecule has 3 heteroatoms. The molecular formula is C15H19ClN2. The van der Waals surface area contributed by atoms with Gasteiger partial charge in [-0.05, 0) is 24.8 Å². The topological polar surface area (TPSA) is 17.8 Å². The minimum atomic E-state index is 0.406. The Kier molecular flexibility index (Phi) is 4.43. The fourth-order valence-corrected chi connectivity index (χ4v) is 2.44. The molecule has 1 unspecified atom stereocenters. The molecule has 2 nitrogen and oxygen atoms in total. The average molecular weight is 263 g/mol. The number of hydrogen-bond acceptors (Lipinski definition) is 1. The fraction of sp³-hybridized carbons (Fsp3) is 0.400. The van der Waals surface area contributed by atoms with Crippen molar-refractivity contribution >= 4 is 11.6 Å². The summed E-state index contributed by atoms with van der Waals surface area (Å²) in [5.74, 6) is 2.19. The molecule has 18 heavy (non-hydrogen) atoms. The van der Waals surface area contributed by atoms with Gasteiger partial charge in [0.2, 0.25) is 0 Å². The van der Waals surface area contributed by atoms with Crippen molar-refractivity contribution in [2.45, 2.75) is 25.7 Å². The Hall–Kier alpha value is -1.28. The first-order chi connectivity index (χ1) is 8.70. The third-order valence-electron chi connectivity index (χ3n) is 3.37. The van der Waals surface area contributed by atoms with Crippen LogP contribution >= 0.6 is 11.6 Å². The van der Waals surface area contributed by atoms with E-state index in [1.165, 1.54) is 11.1 Å². The molecule has 1 aromatic heterocycles. The second kappa shape index (κ2) is 6.05. The number of aryl methyl sites for hydroxylation is 3. The highest BCUT2D eigenvalue weighted by molar-refractivity contribution is 6.18. The SMILES string of the molecule is Cc1ccc(C(CCl)CCc2nccn2C)cc1. The molecule has 1 heterocycles. The quantitative estimate of drug-likeness (QED) is 0.752. The van der Waals surface area contributed by atoms with E-state index in [4.69, 9.17) is 11.6 Å². The second-order valence-electron chi connectivity index (χ2n) is 4.75. The van der Waals surface area contributed by atoms with Crippen LogP contribution in [0.15, 0.2) is 36.7 Å². The van der Waals surface area contributed by atoms with Gasteiger partial charge >= 0.3 is 0 Å². The Morgan fingerprint density at radius 1 is 1.28 bits per heavy atom. The maximum absolute atomic E-state index is 6.09. The third-order valence-corrected chi connectivity index (χ3v) is 3.74. The number of halogens is 1. The van der Waals surface area contributed by atoms with E-state index in [0.29, 0.717) is 11.8 Å². The lowest BCUT2D eigenvalue weighted by atomic mass is 9.95. The molecule has 1 aromatic carbocycles. The number of alkyl halides is 1. The standard InChI is InChI=1S/C15H19ClN2/c1-12-3-5-13(6-4-12)14(11-16)7-8-15-17-9-10-18(15)2/h3-6,9-10,14H,7-8,11H2,1-2H3. The Labute approximate surface area is 114 Å². The molecule has 1 atom stereocenters. The summed E-state index contributed by atoms with van der Waals surface area (Å²) in [5.41, 5.74) is 2.61. The van der Waals surface area contributed by atoms with Crippen LogP contribution in [0.25, 0.3) is 0 Å². The molecule has 0 fully saturated rings. The largest absolute Gasteiger partial charge is 0.338 e. The molecule has 0 spiro atoms. The molecule has 0 aliphatic heterocycles. The Bertz CT molecular complexity index is 487. The predicted octanol–water partition coefficient (Wildman–Crippen LogP) is 3.68. The van der Waals surface area contributed by atoms with E-state index in [2.05, 4.69) is 40.7 Å². The fourth-order valence-electron chi connectivity index (χ4n) is 2.11. The van der Waals surface area contributed by atoms with Crippen molar-refractivity contribution < 1.29 is 0 Å². The summed E-state index contributed by atoms with van der Waals surface area (Å²) in [4.78, 5) is 4.35. The van der Waals surface area contributed by atoms with Crippen LogP contribution in [0, 0.1) is 6.92 Å². The number of hydrogen-bond donors (Lipinski definition) is 0. The summed E-state index contributed by atoms with van der Waals surface area (Å²) < 4.78 is 2.07. The molecule has 0 N–H and O–H groups in total. The molecular weight excluding hydrogens is 244 g/mol. The van der Waals surface area contributed by atoms with Crippen LogP contribution in [0.5, 0.6) is 0 Å². The molecule has 2 rings (SSSR count). The van der Waals surface area contributed by atoms with Gasteiger partial charge in [-0.25, -0.2) is 4.98 Å². The Morgan fingerprint density at radius 2 is 2.00 bits per heavy atom. The van der Waals surface area contributed by atoms with Crippen LogP contribution in [-0.2, 0) is 13.5 Å². The third kappa shape index (κ3) is 3.14. The van der Waals surface area contributed by atoms with Crippen LogP contribution in [0.3, 0.4) is 0 Å². The van der Waals surface area contributed by atoms with Crippen LogP contribution in [0.4, 0.5) is 0 Å². The highest BCUT2D eigenvalue weighted by Gasteiger charge is 2.11. The summed E-state index contributed by atoms with van der Waals surface area (Å²) >= 11 is 6.09. The highest BCUT2D eigenvalue weighted by Crippen LogP contribution is 2.23. The van der Waals surface area contributed by atoms with Gasteiger partial charge in [-0.2, -0.15) is 0 Å². The van der Waals surface area contributed by atoms with Crippen LogP contribution < -0.4 is 0 Å². The van der Waals surface area contributed by atoms with Gasteiger partial charge in [-0.1, -0.05) is 29.8 Å². The summed E-state index contributed by atoms with van der Waals surface area (Å²) in [5, 5.41) is 0. The number of aromatic nitrogens is 2. The molecule has 2 aromatic rings. The van der Waals surface area contributed by atoms with Gasteiger partial charge in [-0.3, -0.25) is 0 Å². The maximum atomic E-state index is 6.09. The molecule has 0 aliphatic rings. The highest BCUT2D eigenvalue weighted by atomic mass is 35.5. The van der Waals surface area contributed by atoms with E-state index in [0.717, 1.165) is 18.7 Å². The van der Waals surface area contributed by atoms with Crippen molar-refractivity contribution in [1.29, 1.82) is 0 Å². The smallest absolute Gasteiger partial charge is 0.108 e. The molecule has 0 saturated carbocycles. The van der Waals surface area contributed by atoms with Crippen molar-refractivity contribution in [2.24, 2.45) is 7.05 Å². The molecule has 0 saturated heterocycles. The van der Waals surface area contributed by atoms with Gasteiger partial charge in [0.15, 0.2) is 0 Å². The van der Waals surface area contributed by atoms with E-state index in [9.17, 15) is 0 Å². The van der Waals surface area contributed by atoms with Crippen molar-refractivity contribution in [3.8, 4) is 0 Å². The number of rotatable bonds is 5. The lowest BCUT2D eigenvalue weighted by molar-refractivity contribution is 0.646. The lowest BCUT2D eigenvalue weighted by Gasteiger charge is -2.14. The van der Waals surface area contributed by atoms with E-state index in [1.807, 2.05) is 19.4 Å². The first-order valence-electron chi connectivity index (χ1n) is 6.29. The van der Waals surface area contributed by atoms with Gasteiger partial charge in [0.1, 0.15) is 5.82 Å². The first kappa shape index (κ1) is 13.2. The summed E-state index contributed by atoms with van der Waals surface area (Å²) in [7, 11) is 2.03. The maximum Gasteiger partial charge on any atom is 0.108 e. The van der Waals surface area contributed by atoms with Crippen LogP contribution in [-0.4, -0.2) is 15.4 Å². The number of benzene rings is 1. The molecule has 0 aliphatic carbocycles. The summed E-state index contributed by atoms with van der Waals surface area (Å²) in [6.07, 6.45) is 5.83. The minimum absolute atomic E-state index is 0.406. The number of nitrogens with zero attached hydrogens (tertiary/aromatic N) is 2. The molecule has 0 radical (unpaired) electrons. The van der Waals surface area contributed by atoms with Gasteiger partial charge < -0.3 is 4.57 Å².